The molecule has 0 amide bonds. The Labute approximate surface area is 176 Å². The number of methoxy groups -OCH3 is 1. The smallest absolute Gasteiger partial charge is 0.262 e. The van der Waals surface area contributed by atoms with Crippen molar-refractivity contribution in [3.05, 3.63) is 68.9 Å². The first-order valence-corrected chi connectivity index (χ1v) is 10.8. The second-order valence-corrected chi connectivity index (χ2v) is 8.22. The summed E-state index contributed by atoms with van der Waals surface area (Å²) < 4.78 is 7.65. The Kier molecular flexibility index (Phi) is 7.42. The Balaban J connectivity index is 1.73. The van der Waals surface area contributed by atoms with Crippen LogP contribution in [0.5, 0.6) is 0 Å². The molecule has 0 N–H and O–H groups in total. The maximum atomic E-state index is 12.9. The van der Waals surface area contributed by atoms with Crippen molar-refractivity contribution in [2.45, 2.75) is 24.5 Å². The van der Waals surface area contributed by atoms with Crippen molar-refractivity contribution in [1.82, 2.24) is 9.55 Å². The number of carbonyl (C=O) groups excluding carboxylic acids is 1. The van der Waals surface area contributed by atoms with Gasteiger partial charge in [-0.25, -0.2) is 4.98 Å². The van der Waals surface area contributed by atoms with Crippen LogP contribution in [0.15, 0.2) is 63.0 Å². The van der Waals surface area contributed by atoms with Gasteiger partial charge in [-0.1, -0.05) is 58.0 Å². The molecule has 0 fully saturated rings. The Hall–Kier alpha value is -1.96. The largest absolute Gasteiger partial charge is 0.383 e. The standard InChI is InChI=1S/C21H21BrN2O3S/c1-27-12-11-24-20(26)17-14-16(22)9-10-18(17)23-21(24)28-13-5-8-19(25)15-6-3-2-4-7-15/h2-4,6-7,9-10,14H,5,8,11-13H2,1H3. The summed E-state index contributed by atoms with van der Waals surface area (Å²) >= 11 is 4.91. The molecule has 28 heavy (non-hydrogen) atoms. The molecule has 1 aromatic heterocycles. The summed E-state index contributed by atoms with van der Waals surface area (Å²) in [4.78, 5) is 29.8. The van der Waals surface area contributed by atoms with Crippen LogP contribution in [-0.2, 0) is 11.3 Å². The lowest BCUT2D eigenvalue weighted by atomic mass is 10.1. The number of nitrogens with zero attached hydrogens (tertiary/aromatic N) is 2. The quantitative estimate of drug-likeness (QED) is 0.202. The van der Waals surface area contributed by atoms with E-state index in [0.29, 0.717) is 41.4 Å². The zero-order valence-electron chi connectivity index (χ0n) is 15.6. The van der Waals surface area contributed by atoms with Gasteiger partial charge in [0.05, 0.1) is 24.1 Å². The molecule has 0 aliphatic carbocycles. The summed E-state index contributed by atoms with van der Waals surface area (Å²) in [6.45, 7) is 0.872. The van der Waals surface area contributed by atoms with Crippen molar-refractivity contribution < 1.29 is 9.53 Å². The fourth-order valence-corrected chi connectivity index (χ4v) is 4.15. The molecule has 0 unspecified atom stereocenters. The molecule has 3 rings (SSSR count). The van der Waals surface area contributed by atoms with Gasteiger partial charge >= 0.3 is 0 Å². The third-order valence-electron chi connectivity index (χ3n) is 4.28. The number of carbonyl (C=O) groups is 1. The number of ketones is 1. The zero-order chi connectivity index (χ0) is 19.9. The van der Waals surface area contributed by atoms with Crippen molar-refractivity contribution >= 4 is 44.4 Å². The molecule has 0 radical (unpaired) electrons. The minimum Gasteiger partial charge on any atom is -0.383 e. The molecule has 5 nitrogen and oxygen atoms in total. The van der Waals surface area contributed by atoms with E-state index in [9.17, 15) is 9.59 Å². The van der Waals surface area contributed by atoms with E-state index in [1.165, 1.54) is 11.8 Å². The minimum atomic E-state index is -0.0776. The van der Waals surface area contributed by atoms with Crippen LogP contribution in [0, 0.1) is 0 Å². The van der Waals surface area contributed by atoms with Crippen LogP contribution in [0.1, 0.15) is 23.2 Å². The third kappa shape index (κ3) is 5.10. The monoisotopic (exact) mass is 460 g/mol. The van der Waals surface area contributed by atoms with E-state index in [1.54, 1.807) is 17.7 Å². The Morgan fingerprint density at radius 3 is 2.75 bits per heavy atom. The molecule has 3 aromatic rings. The fourth-order valence-electron chi connectivity index (χ4n) is 2.83. The van der Waals surface area contributed by atoms with E-state index in [0.717, 1.165) is 16.5 Å². The first-order chi connectivity index (χ1) is 13.6. The number of thioether (sulfide) groups is 1. The van der Waals surface area contributed by atoms with Crippen molar-refractivity contribution in [1.29, 1.82) is 0 Å². The van der Waals surface area contributed by atoms with Crippen LogP contribution in [0.4, 0.5) is 0 Å². The zero-order valence-corrected chi connectivity index (χ0v) is 18.0. The molecular formula is C21H21BrN2O3S. The predicted molar refractivity (Wildman–Crippen MR) is 116 cm³/mol. The van der Waals surface area contributed by atoms with Gasteiger partial charge in [-0.3, -0.25) is 14.2 Å². The molecule has 0 aliphatic heterocycles. The first kappa shape index (κ1) is 20.8. The number of ether oxygens (including phenoxy) is 1. The summed E-state index contributed by atoms with van der Waals surface area (Å²) in [6.07, 6.45) is 1.19. The van der Waals surface area contributed by atoms with Gasteiger partial charge in [0.15, 0.2) is 10.9 Å². The molecule has 1 heterocycles. The second kappa shape index (κ2) is 10.0. The molecule has 0 atom stereocenters. The summed E-state index contributed by atoms with van der Waals surface area (Å²) in [6, 6.07) is 14.8. The highest BCUT2D eigenvalue weighted by molar-refractivity contribution is 9.10. The van der Waals surface area contributed by atoms with Gasteiger partial charge in [0.2, 0.25) is 0 Å². The topological polar surface area (TPSA) is 61.2 Å². The summed E-state index contributed by atoms with van der Waals surface area (Å²) in [5.41, 5.74) is 1.33. The molecule has 0 saturated heterocycles. The number of fused-ring (bicyclic) bond motifs is 1. The number of hydrogen-bond acceptors (Lipinski definition) is 5. The molecule has 146 valence electrons. The van der Waals surface area contributed by atoms with E-state index in [1.807, 2.05) is 42.5 Å². The van der Waals surface area contributed by atoms with Gasteiger partial charge in [0.1, 0.15) is 0 Å². The molecule has 0 saturated carbocycles. The molecule has 0 bridgehead atoms. The Bertz CT molecular complexity index is 1020. The van der Waals surface area contributed by atoms with E-state index in [-0.39, 0.29) is 11.3 Å². The number of Topliss-reactive ketones (excluding diaryl/α,β-unsaturated/α-hetero) is 1. The van der Waals surface area contributed by atoms with Crippen LogP contribution < -0.4 is 5.56 Å². The van der Waals surface area contributed by atoms with Gasteiger partial charge in [-0.15, -0.1) is 0 Å². The van der Waals surface area contributed by atoms with Crippen molar-refractivity contribution in [2.75, 3.05) is 19.5 Å². The average molecular weight is 461 g/mol. The lowest BCUT2D eigenvalue weighted by molar-refractivity contribution is 0.0982. The number of benzene rings is 2. The molecule has 0 aliphatic rings. The van der Waals surface area contributed by atoms with Gasteiger partial charge in [-0.2, -0.15) is 0 Å². The van der Waals surface area contributed by atoms with Crippen molar-refractivity contribution in [3.8, 4) is 0 Å². The Morgan fingerprint density at radius 2 is 2.00 bits per heavy atom. The lowest BCUT2D eigenvalue weighted by Crippen LogP contribution is -2.25. The SMILES string of the molecule is COCCn1c(SCCCC(=O)c2ccccc2)nc2ccc(Br)cc2c1=O. The van der Waals surface area contributed by atoms with E-state index in [4.69, 9.17) is 4.74 Å². The van der Waals surface area contributed by atoms with Gasteiger partial charge in [-0.05, 0) is 24.6 Å². The minimum absolute atomic E-state index is 0.0776. The van der Waals surface area contributed by atoms with Crippen LogP contribution in [0.25, 0.3) is 10.9 Å². The fraction of sp³-hybridized carbons (Fsp3) is 0.286. The van der Waals surface area contributed by atoms with Gasteiger partial charge in [0.25, 0.3) is 5.56 Å². The third-order valence-corrected chi connectivity index (χ3v) is 5.83. The molecule has 2 aromatic carbocycles. The summed E-state index contributed by atoms with van der Waals surface area (Å²) in [5.74, 6) is 0.842. The number of rotatable bonds is 9. The van der Waals surface area contributed by atoms with Gasteiger partial charge in [0, 0.05) is 29.3 Å². The van der Waals surface area contributed by atoms with Crippen LogP contribution in [0.3, 0.4) is 0 Å². The highest BCUT2D eigenvalue weighted by atomic mass is 79.9. The van der Waals surface area contributed by atoms with E-state index < -0.39 is 0 Å². The number of hydrogen-bond donors (Lipinski definition) is 0. The predicted octanol–water partition coefficient (Wildman–Crippen LogP) is 4.56. The van der Waals surface area contributed by atoms with Crippen molar-refractivity contribution in [3.63, 3.8) is 0 Å². The van der Waals surface area contributed by atoms with Gasteiger partial charge < -0.3 is 4.74 Å². The van der Waals surface area contributed by atoms with Crippen LogP contribution >= 0.6 is 27.7 Å². The Morgan fingerprint density at radius 1 is 1.21 bits per heavy atom. The highest BCUT2D eigenvalue weighted by Gasteiger charge is 2.12. The first-order valence-electron chi connectivity index (χ1n) is 9.00. The normalized spacial score (nSPS) is 11.1. The number of aromatic nitrogens is 2. The van der Waals surface area contributed by atoms with Crippen LogP contribution in [0.2, 0.25) is 0 Å². The second-order valence-electron chi connectivity index (χ2n) is 6.25. The lowest BCUT2D eigenvalue weighted by Gasteiger charge is -2.13. The van der Waals surface area contributed by atoms with E-state index >= 15 is 0 Å². The maximum Gasteiger partial charge on any atom is 0.262 e. The van der Waals surface area contributed by atoms with Crippen LogP contribution in [-0.4, -0.2) is 34.8 Å². The van der Waals surface area contributed by atoms with Crippen molar-refractivity contribution in [2.24, 2.45) is 0 Å². The van der Waals surface area contributed by atoms with E-state index in [2.05, 4.69) is 20.9 Å². The molecule has 0 spiro atoms. The maximum absolute atomic E-state index is 12.9. The number of halogens is 1. The average Bonchev–Trinajstić information content (AvgIpc) is 2.72. The molecular weight excluding hydrogens is 440 g/mol. The summed E-state index contributed by atoms with van der Waals surface area (Å²) in [5, 5.41) is 1.23. The highest BCUT2D eigenvalue weighted by Crippen LogP contribution is 2.22. The summed E-state index contributed by atoms with van der Waals surface area (Å²) in [7, 11) is 1.61. The molecule has 7 heteroatoms.